The minimum absolute atomic E-state index is 0.0994. The first-order valence-electron chi connectivity index (χ1n) is 6.10. The Balaban J connectivity index is 4.56. The van der Waals surface area contributed by atoms with Crippen molar-refractivity contribution in [2.75, 3.05) is 20.7 Å². The highest BCUT2D eigenvalue weighted by Crippen LogP contribution is 2.16. The van der Waals surface area contributed by atoms with Crippen molar-refractivity contribution < 1.29 is 19.1 Å². The van der Waals surface area contributed by atoms with Crippen LogP contribution in [-0.4, -0.2) is 43.3 Å². The zero-order chi connectivity index (χ0) is 14.5. The SMILES string of the molecule is COC(=O)[C@@H](CN(C)C(=O)OC(C)(C)C)C(C)C. The first kappa shape index (κ1) is 16.7. The number of hydrogen-bond donors (Lipinski definition) is 0. The Bertz CT molecular complexity index is 294. The number of methoxy groups -OCH3 is 1. The normalized spacial score (nSPS) is 13.1. The highest BCUT2D eigenvalue weighted by atomic mass is 16.6. The predicted octanol–water partition coefficient (Wildman–Crippen LogP) is 2.30. The Morgan fingerprint density at radius 3 is 2.06 bits per heavy atom. The fourth-order valence-electron chi connectivity index (χ4n) is 1.42. The molecule has 5 heteroatoms. The lowest BCUT2D eigenvalue weighted by Crippen LogP contribution is -2.40. The average molecular weight is 259 g/mol. The molecule has 0 aromatic heterocycles. The molecule has 0 spiro atoms. The number of hydrogen-bond acceptors (Lipinski definition) is 4. The van der Waals surface area contributed by atoms with Crippen molar-refractivity contribution in [1.82, 2.24) is 4.90 Å². The summed E-state index contributed by atoms with van der Waals surface area (Å²) in [6.07, 6.45) is -0.433. The summed E-state index contributed by atoms with van der Waals surface area (Å²) in [5.41, 5.74) is -0.538. The molecule has 0 N–H and O–H groups in total. The van der Waals surface area contributed by atoms with Gasteiger partial charge in [0.25, 0.3) is 0 Å². The summed E-state index contributed by atoms with van der Waals surface area (Å²) in [5.74, 6) is -0.546. The van der Waals surface area contributed by atoms with Crippen molar-refractivity contribution in [1.29, 1.82) is 0 Å². The summed E-state index contributed by atoms with van der Waals surface area (Å²) >= 11 is 0. The molecule has 0 heterocycles. The zero-order valence-corrected chi connectivity index (χ0v) is 12.4. The largest absolute Gasteiger partial charge is 0.469 e. The molecule has 106 valence electrons. The number of rotatable bonds is 4. The number of ether oxygens (including phenoxy) is 2. The molecule has 0 saturated carbocycles. The third kappa shape index (κ3) is 5.89. The summed E-state index contributed by atoms with van der Waals surface area (Å²) in [6.45, 7) is 9.55. The van der Waals surface area contributed by atoms with Crippen molar-refractivity contribution in [3.8, 4) is 0 Å². The Hall–Kier alpha value is -1.26. The van der Waals surface area contributed by atoms with Gasteiger partial charge in [0.1, 0.15) is 5.60 Å². The smallest absolute Gasteiger partial charge is 0.410 e. The van der Waals surface area contributed by atoms with Crippen LogP contribution in [0.2, 0.25) is 0 Å². The van der Waals surface area contributed by atoms with E-state index in [1.807, 2.05) is 13.8 Å². The zero-order valence-electron chi connectivity index (χ0n) is 12.4. The van der Waals surface area contributed by atoms with Crippen LogP contribution in [0.15, 0.2) is 0 Å². The Morgan fingerprint density at radius 2 is 1.72 bits per heavy atom. The topological polar surface area (TPSA) is 55.8 Å². The molecule has 0 radical (unpaired) electrons. The van der Waals surface area contributed by atoms with E-state index in [0.717, 1.165) is 0 Å². The molecule has 18 heavy (non-hydrogen) atoms. The third-order valence-corrected chi connectivity index (χ3v) is 2.48. The molecule has 1 amide bonds. The first-order valence-corrected chi connectivity index (χ1v) is 6.10. The van der Waals surface area contributed by atoms with Crippen LogP contribution in [0, 0.1) is 11.8 Å². The number of carbonyl (C=O) groups is 2. The Labute approximate surface area is 109 Å². The number of nitrogens with zero attached hydrogens (tertiary/aromatic N) is 1. The van der Waals surface area contributed by atoms with Gasteiger partial charge >= 0.3 is 12.1 Å². The van der Waals surface area contributed by atoms with E-state index in [4.69, 9.17) is 9.47 Å². The molecule has 0 aliphatic heterocycles. The van der Waals surface area contributed by atoms with Crippen LogP contribution in [0.1, 0.15) is 34.6 Å². The second-order valence-electron chi connectivity index (χ2n) is 5.73. The average Bonchev–Trinajstić information content (AvgIpc) is 2.21. The number of carbonyl (C=O) groups excluding carboxylic acids is 2. The van der Waals surface area contributed by atoms with Crippen LogP contribution in [0.4, 0.5) is 4.79 Å². The molecule has 0 bridgehead atoms. The fourth-order valence-corrected chi connectivity index (χ4v) is 1.42. The lowest BCUT2D eigenvalue weighted by molar-refractivity contribution is -0.147. The second-order valence-corrected chi connectivity index (χ2v) is 5.73. The summed E-state index contributed by atoms with van der Waals surface area (Å²) in [7, 11) is 2.97. The fraction of sp³-hybridized carbons (Fsp3) is 0.846. The van der Waals surface area contributed by atoms with Gasteiger partial charge in [-0.15, -0.1) is 0 Å². The van der Waals surface area contributed by atoms with Gasteiger partial charge in [0.05, 0.1) is 13.0 Å². The third-order valence-electron chi connectivity index (χ3n) is 2.48. The van der Waals surface area contributed by atoms with Crippen LogP contribution in [0.5, 0.6) is 0 Å². The Morgan fingerprint density at radius 1 is 1.22 bits per heavy atom. The lowest BCUT2D eigenvalue weighted by Gasteiger charge is -2.28. The maximum Gasteiger partial charge on any atom is 0.410 e. The van der Waals surface area contributed by atoms with Gasteiger partial charge in [0, 0.05) is 13.6 Å². The van der Waals surface area contributed by atoms with Crippen molar-refractivity contribution in [2.24, 2.45) is 11.8 Å². The minimum Gasteiger partial charge on any atom is -0.469 e. The Kier molecular flexibility index (Phi) is 6.15. The van der Waals surface area contributed by atoms with E-state index in [2.05, 4.69) is 0 Å². The van der Waals surface area contributed by atoms with E-state index in [-0.39, 0.29) is 17.8 Å². The lowest BCUT2D eigenvalue weighted by atomic mass is 9.95. The number of amides is 1. The summed E-state index contributed by atoms with van der Waals surface area (Å²) in [6, 6.07) is 0. The van der Waals surface area contributed by atoms with E-state index in [1.165, 1.54) is 12.0 Å². The molecule has 0 saturated heterocycles. The van der Waals surface area contributed by atoms with E-state index in [9.17, 15) is 9.59 Å². The molecule has 0 aliphatic carbocycles. The van der Waals surface area contributed by atoms with Crippen molar-refractivity contribution >= 4 is 12.1 Å². The monoisotopic (exact) mass is 259 g/mol. The predicted molar refractivity (Wildman–Crippen MR) is 69.2 cm³/mol. The van der Waals surface area contributed by atoms with Crippen molar-refractivity contribution in [3.05, 3.63) is 0 Å². The molecule has 0 rings (SSSR count). The molecule has 0 unspecified atom stereocenters. The molecule has 0 aromatic carbocycles. The van der Waals surface area contributed by atoms with Crippen molar-refractivity contribution in [3.63, 3.8) is 0 Å². The number of esters is 1. The van der Waals surface area contributed by atoms with Gasteiger partial charge in [-0.1, -0.05) is 13.8 Å². The van der Waals surface area contributed by atoms with Crippen LogP contribution in [0.25, 0.3) is 0 Å². The van der Waals surface area contributed by atoms with Gasteiger partial charge < -0.3 is 14.4 Å². The molecule has 5 nitrogen and oxygen atoms in total. The van der Waals surface area contributed by atoms with Gasteiger partial charge in [0.15, 0.2) is 0 Å². The molecule has 0 aromatic rings. The van der Waals surface area contributed by atoms with Gasteiger partial charge in [-0.3, -0.25) is 4.79 Å². The van der Waals surface area contributed by atoms with Crippen LogP contribution < -0.4 is 0 Å². The first-order chi connectivity index (χ1) is 8.08. The van der Waals surface area contributed by atoms with Gasteiger partial charge in [-0.05, 0) is 26.7 Å². The summed E-state index contributed by atoms with van der Waals surface area (Å²) < 4.78 is 9.97. The van der Waals surface area contributed by atoms with Crippen LogP contribution >= 0.6 is 0 Å². The van der Waals surface area contributed by atoms with Gasteiger partial charge in [0.2, 0.25) is 0 Å². The highest BCUT2D eigenvalue weighted by Gasteiger charge is 2.28. The molecule has 0 aliphatic rings. The van der Waals surface area contributed by atoms with E-state index in [0.29, 0.717) is 6.54 Å². The standard InChI is InChI=1S/C13H25NO4/c1-9(2)10(11(15)17-7)8-14(6)12(16)18-13(3,4)5/h9-10H,8H2,1-7H3/t10-/m0/s1. The molecular formula is C13H25NO4. The van der Waals surface area contributed by atoms with E-state index < -0.39 is 11.7 Å². The van der Waals surface area contributed by atoms with Crippen molar-refractivity contribution in [2.45, 2.75) is 40.2 Å². The minimum atomic E-state index is -0.538. The summed E-state index contributed by atoms with van der Waals surface area (Å²) in [5, 5.41) is 0. The van der Waals surface area contributed by atoms with Crippen LogP contribution in [0.3, 0.4) is 0 Å². The summed E-state index contributed by atoms with van der Waals surface area (Å²) in [4.78, 5) is 24.8. The maximum atomic E-state index is 11.8. The maximum absolute atomic E-state index is 11.8. The van der Waals surface area contributed by atoms with Crippen LogP contribution in [-0.2, 0) is 14.3 Å². The molecular weight excluding hydrogens is 234 g/mol. The van der Waals surface area contributed by atoms with E-state index >= 15 is 0 Å². The van der Waals surface area contributed by atoms with E-state index in [1.54, 1.807) is 27.8 Å². The quantitative estimate of drug-likeness (QED) is 0.727. The molecule has 0 fully saturated rings. The molecule has 1 atom stereocenters. The highest BCUT2D eigenvalue weighted by molar-refractivity contribution is 5.74. The van der Waals surface area contributed by atoms with Gasteiger partial charge in [-0.2, -0.15) is 0 Å². The second kappa shape index (κ2) is 6.61. The van der Waals surface area contributed by atoms with Gasteiger partial charge in [-0.25, -0.2) is 4.79 Å².